The number of aliphatic hydroxyl groups is 1. The topological polar surface area (TPSA) is 20.2 Å². The maximum atomic E-state index is 10.7. The second-order valence-corrected chi connectivity index (χ2v) is 7.08. The van der Waals surface area contributed by atoms with Crippen LogP contribution in [0.25, 0.3) is 0 Å². The minimum atomic E-state index is -0.000000000000000444. The molecule has 4 rings (SSSR count). The van der Waals surface area contributed by atoms with Crippen molar-refractivity contribution in [1.29, 1.82) is 0 Å². The van der Waals surface area contributed by atoms with Crippen LogP contribution in [0.5, 0.6) is 0 Å². The highest BCUT2D eigenvalue weighted by Gasteiger charge is 2.50. The molecular weight excluding hydrogens is 208 g/mol. The van der Waals surface area contributed by atoms with Gasteiger partial charge in [0.2, 0.25) is 0 Å². The van der Waals surface area contributed by atoms with Gasteiger partial charge in [-0.15, -0.1) is 0 Å². The molecule has 0 aliphatic heterocycles. The molecule has 98 valence electrons. The van der Waals surface area contributed by atoms with Crippen molar-refractivity contribution in [3.8, 4) is 0 Å². The predicted molar refractivity (Wildman–Crippen MR) is 70.6 cm³/mol. The summed E-state index contributed by atoms with van der Waals surface area (Å²) in [5.41, 5.74) is 0. The van der Waals surface area contributed by atoms with Crippen LogP contribution < -0.4 is 0 Å². The lowest BCUT2D eigenvalue weighted by Crippen LogP contribution is -2.50. The van der Waals surface area contributed by atoms with Crippen molar-refractivity contribution >= 4 is 0 Å². The molecule has 0 amide bonds. The van der Waals surface area contributed by atoms with Gasteiger partial charge in [0.25, 0.3) is 0 Å². The van der Waals surface area contributed by atoms with E-state index in [2.05, 4.69) is 13.8 Å². The monoisotopic (exact) mass is 236 g/mol. The first-order chi connectivity index (χ1) is 8.22. The van der Waals surface area contributed by atoms with Gasteiger partial charge in [-0.2, -0.15) is 0 Å². The highest BCUT2D eigenvalue weighted by molar-refractivity contribution is 5.00. The smallest absolute Gasteiger partial charge is 0.0601 e. The molecule has 0 radical (unpaired) electrons. The molecule has 1 heteroatoms. The van der Waals surface area contributed by atoms with Gasteiger partial charge in [-0.05, 0) is 67.6 Å². The number of rotatable bonds is 4. The lowest BCUT2D eigenvalue weighted by molar-refractivity contribution is -0.106. The number of aliphatic hydroxyl groups excluding tert-OH is 1. The summed E-state index contributed by atoms with van der Waals surface area (Å²) in [6, 6.07) is 0. The third kappa shape index (κ3) is 1.95. The van der Waals surface area contributed by atoms with Crippen LogP contribution in [0.1, 0.15) is 58.8 Å². The van der Waals surface area contributed by atoms with E-state index >= 15 is 0 Å². The molecule has 0 aromatic heterocycles. The van der Waals surface area contributed by atoms with Crippen LogP contribution in [0.2, 0.25) is 0 Å². The van der Waals surface area contributed by atoms with Gasteiger partial charge in [-0.3, -0.25) is 0 Å². The Kier molecular flexibility index (Phi) is 3.23. The molecule has 1 nitrogen and oxygen atoms in total. The zero-order valence-electron chi connectivity index (χ0n) is 11.4. The molecule has 0 saturated heterocycles. The molecule has 0 heterocycles. The van der Waals surface area contributed by atoms with Gasteiger partial charge in [0.05, 0.1) is 6.10 Å². The minimum Gasteiger partial charge on any atom is -0.393 e. The summed E-state index contributed by atoms with van der Waals surface area (Å²) in [6.45, 7) is 4.49. The van der Waals surface area contributed by atoms with Crippen LogP contribution in [-0.4, -0.2) is 11.2 Å². The lowest BCUT2D eigenvalue weighted by Gasteiger charge is -2.56. The van der Waals surface area contributed by atoms with E-state index in [0.717, 1.165) is 36.5 Å². The first-order valence-electron chi connectivity index (χ1n) is 7.90. The van der Waals surface area contributed by atoms with E-state index in [-0.39, 0.29) is 6.10 Å². The van der Waals surface area contributed by atoms with Crippen molar-refractivity contribution in [1.82, 2.24) is 0 Å². The van der Waals surface area contributed by atoms with Crippen molar-refractivity contribution in [2.45, 2.75) is 64.9 Å². The lowest BCUT2D eigenvalue weighted by atomic mass is 9.50. The van der Waals surface area contributed by atoms with Crippen molar-refractivity contribution in [3.05, 3.63) is 0 Å². The summed E-state index contributed by atoms with van der Waals surface area (Å²) in [5.74, 6) is 5.03. The van der Waals surface area contributed by atoms with Crippen LogP contribution in [0.3, 0.4) is 0 Å². The van der Waals surface area contributed by atoms with E-state index in [1.807, 2.05) is 0 Å². The fraction of sp³-hybridized carbons (Fsp3) is 1.00. The zero-order chi connectivity index (χ0) is 12.0. The fourth-order valence-corrected chi connectivity index (χ4v) is 5.61. The molecule has 4 aliphatic carbocycles. The van der Waals surface area contributed by atoms with Gasteiger partial charge < -0.3 is 5.11 Å². The summed E-state index contributed by atoms with van der Waals surface area (Å²) in [6.07, 6.45) is 9.58. The molecule has 4 saturated carbocycles. The molecule has 1 atom stereocenters. The summed E-state index contributed by atoms with van der Waals surface area (Å²) in [7, 11) is 0. The summed E-state index contributed by atoms with van der Waals surface area (Å²) in [5, 5.41) is 10.7. The predicted octanol–water partition coefficient (Wildman–Crippen LogP) is 3.86. The van der Waals surface area contributed by atoms with Gasteiger partial charge in [0.1, 0.15) is 0 Å². The van der Waals surface area contributed by atoms with Gasteiger partial charge in [-0.1, -0.05) is 26.7 Å². The quantitative estimate of drug-likeness (QED) is 0.786. The highest BCUT2D eigenvalue weighted by Crippen LogP contribution is 2.58. The summed E-state index contributed by atoms with van der Waals surface area (Å²) in [4.78, 5) is 0. The molecule has 0 spiro atoms. The van der Waals surface area contributed by atoms with Gasteiger partial charge in [-0.25, -0.2) is 0 Å². The molecule has 17 heavy (non-hydrogen) atoms. The van der Waals surface area contributed by atoms with Crippen molar-refractivity contribution in [2.24, 2.45) is 35.5 Å². The molecule has 4 bridgehead atoms. The van der Waals surface area contributed by atoms with Crippen LogP contribution in [0.15, 0.2) is 0 Å². The van der Waals surface area contributed by atoms with E-state index in [1.165, 1.54) is 32.1 Å². The molecule has 1 unspecified atom stereocenters. The molecule has 4 aliphatic rings. The Morgan fingerprint density at radius 2 is 1.35 bits per heavy atom. The van der Waals surface area contributed by atoms with Crippen LogP contribution >= 0.6 is 0 Å². The summed E-state index contributed by atoms with van der Waals surface area (Å²) < 4.78 is 0. The Balaban J connectivity index is 1.75. The zero-order valence-corrected chi connectivity index (χ0v) is 11.4. The average Bonchev–Trinajstić information content (AvgIpc) is 2.29. The second-order valence-electron chi connectivity index (χ2n) is 7.08. The first kappa shape index (κ1) is 12.0. The van der Waals surface area contributed by atoms with E-state index in [4.69, 9.17) is 0 Å². The maximum Gasteiger partial charge on any atom is 0.0601 e. The van der Waals surface area contributed by atoms with Gasteiger partial charge in [0, 0.05) is 0 Å². The van der Waals surface area contributed by atoms with E-state index in [1.54, 1.807) is 0 Å². The first-order valence-corrected chi connectivity index (χ1v) is 7.90. The second kappa shape index (κ2) is 4.57. The van der Waals surface area contributed by atoms with Gasteiger partial charge >= 0.3 is 0 Å². The summed E-state index contributed by atoms with van der Waals surface area (Å²) >= 11 is 0. The SMILES string of the molecule is CCC(CC)C(O)C1C2CC3CC(C2)CC1C3. The molecule has 0 aromatic rings. The van der Waals surface area contributed by atoms with Crippen LogP contribution in [0.4, 0.5) is 0 Å². The van der Waals surface area contributed by atoms with E-state index in [0.29, 0.717) is 11.8 Å². The van der Waals surface area contributed by atoms with Gasteiger partial charge in [0.15, 0.2) is 0 Å². The Hall–Kier alpha value is -0.0400. The number of hydrogen-bond acceptors (Lipinski definition) is 1. The Labute approximate surface area is 106 Å². The minimum absolute atomic E-state index is 0.000000000000000444. The largest absolute Gasteiger partial charge is 0.393 e. The van der Waals surface area contributed by atoms with Crippen LogP contribution in [0, 0.1) is 35.5 Å². The van der Waals surface area contributed by atoms with Crippen molar-refractivity contribution in [3.63, 3.8) is 0 Å². The molecule has 4 fully saturated rings. The van der Waals surface area contributed by atoms with Crippen molar-refractivity contribution in [2.75, 3.05) is 0 Å². The normalized spacial score (nSPS) is 45.5. The van der Waals surface area contributed by atoms with E-state index < -0.39 is 0 Å². The fourth-order valence-electron chi connectivity index (χ4n) is 5.61. The third-order valence-corrected chi connectivity index (χ3v) is 6.23. The molecule has 0 aromatic carbocycles. The average molecular weight is 236 g/mol. The molecule has 1 N–H and O–H groups in total. The molecular formula is C16H28O. The van der Waals surface area contributed by atoms with E-state index in [9.17, 15) is 5.11 Å². The Bertz CT molecular complexity index is 241. The third-order valence-electron chi connectivity index (χ3n) is 6.23. The van der Waals surface area contributed by atoms with Crippen LogP contribution in [-0.2, 0) is 0 Å². The number of hydrogen-bond donors (Lipinski definition) is 1. The Morgan fingerprint density at radius 1 is 0.882 bits per heavy atom. The highest BCUT2D eigenvalue weighted by atomic mass is 16.3. The van der Waals surface area contributed by atoms with Crippen molar-refractivity contribution < 1.29 is 5.11 Å². The standard InChI is InChI=1S/C16H28O/c1-3-12(4-2)16(17)15-13-6-10-5-11(8-13)9-14(15)7-10/h10-17H,3-9H2,1-2H3. The maximum absolute atomic E-state index is 10.7. The Morgan fingerprint density at radius 3 is 1.76 bits per heavy atom.